The molecule has 1 aromatic carbocycles. The van der Waals surface area contributed by atoms with Crippen LogP contribution < -0.4 is 5.43 Å². The highest BCUT2D eigenvalue weighted by atomic mass is 16.3. The van der Waals surface area contributed by atoms with Gasteiger partial charge in [0, 0.05) is 24.5 Å². The highest BCUT2D eigenvalue weighted by Crippen LogP contribution is 2.30. The van der Waals surface area contributed by atoms with Gasteiger partial charge in [0.25, 0.3) is 0 Å². The largest absolute Gasteiger partial charge is 0.504 e. The first-order valence-corrected chi connectivity index (χ1v) is 4.38. The van der Waals surface area contributed by atoms with Gasteiger partial charge in [-0.1, -0.05) is 6.07 Å². The SMILES string of the molecule is O=c1ccn(-c2cccc(O)c2O)cc1. The molecule has 0 aliphatic heterocycles. The van der Waals surface area contributed by atoms with Crippen molar-refractivity contribution in [2.24, 2.45) is 0 Å². The Morgan fingerprint density at radius 1 is 1.00 bits per heavy atom. The van der Waals surface area contributed by atoms with Crippen LogP contribution >= 0.6 is 0 Å². The summed E-state index contributed by atoms with van der Waals surface area (Å²) in [5.74, 6) is -0.396. The molecular formula is C11H9NO3. The second-order valence-electron chi connectivity index (χ2n) is 3.09. The minimum Gasteiger partial charge on any atom is -0.504 e. The van der Waals surface area contributed by atoms with E-state index in [9.17, 15) is 15.0 Å². The summed E-state index contributed by atoms with van der Waals surface area (Å²) in [6.07, 6.45) is 3.05. The van der Waals surface area contributed by atoms with E-state index in [2.05, 4.69) is 0 Å². The van der Waals surface area contributed by atoms with E-state index >= 15 is 0 Å². The van der Waals surface area contributed by atoms with Crippen molar-refractivity contribution in [2.75, 3.05) is 0 Å². The second-order valence-corrected chi connectivity index (χ2v) is 3.09. The standard InChI is InChI=1S/C11H9NO3/c13-8-4-6-12(7-5-8)9-2-1-3-10(14)11(9)15/h1-7,14-15H. The lowest BCUT2D eigenvalue weighted by Gasteiger charge is -2.08. The van der Waals surface area contributed by atoms with Gasteiger partial charge in [-0.05, 0) is 12.1 Å². The zero-order valence-corrected chi connectivity index (χ0v) is 7.79. The van der Waals surface area contributed by atoms with Crippen molar-refractivity contribution >= 4 is 0 Å². The molecule has 15 heavy (non-hydrogen) atoms. The molecule has 0 fully saturated rings. The molecule has 0 spiro atoms. The van der Waals surface area contributed by atoms with Crippen molar-refractivity contribution in [1.82, 2.24) is 4.57 Å². The number of para-hydroxylation sites is 1. The third kappa shape index (κ3) is 1.69. The molecule has 2 rings (SSSR count). The number of aromatic nitrogens is 1. The fourth-order valence-corrected chi connectivity index (χ4v) is 1.30. The zero-order chi connectivity index (χ0) is 10.8. The predicted octanol–water partition coefficient (Wildman–Crippen LogP) is 1.25. The van der Waals surface area contributed by atoms with Crippen molar-refractivity contribution in [3.05, 3.63) is 52.9 Å². The molecule has 0 bridgehead atoms. The predicted molar refractivity (Wildman–Crippen MR) is 55.4 cm³/mol. The van der Waals surface area contributed by atoms with E-state index in [0.29, 0.717) is 5.69 Å². The van der Waals surface area contributed by atoms with Crippen LogP contribution in [0.25, 0.3) is 5.69 Å². The fraction of sp³-hybridized carbons (Fsp3) is 0. The second kappa shape index (κ2) is 3.49. The minimum atomic E-state index is -0.207. The van der Waals surface area contributed by atoms with Gasteiger partial charge in [0.15, 0.2) is 16.9 Å². The van der Waals surface area contributed by atoms with Crippen LogP contribution in [-0.2, 0) is 0 Å². The van der Waals surface area contributed by atoms with Crippen LogP contribution in [0.4, 0.5) is 0 Å². The topological polar surface area (TPSA) is 62.5 Å². The maximum atomic E-state index is 10.9. The highest BCUT2D eigenvalue weighted by molar-refractivity contribution is 5.53. The van der Waals surface area contributed by atoms with Crippen LogP contribution in [0.15, 0.2) is 47.5 Å². The minimum absolute atomic E-state index is 0.106. The van der Waals surface area contributed by atoms with E-state index in [4.69, 9.17) is 0 Å². The Labute approximate surface area is 85.7 Å². The molecule has 1 heterocycles. The molecule has 2 aromatic rings. The van der Waals surface area contributed by atoms with Gasteiger partial charge >= 0.3 is 0 Å². The first-order chi connectivity index (χ1) is 7.18. The van der Waals surface area contributed by atoms with Crippen LogP contribution in [0.1, 0.15) is 0 Å². The maximum absolute atomic E-state index is 10.9. The molecule has 0 saturated heterocycles. The summed E-state index contributed by atoms with van der Waals surface area (Å²) in [7, 11) is 0. The van der Waals surface area contributed by atoms with Crippen molar-refractivity contribution in [3.63, 3.8) is 0 Å². The Hall–Kier alpha value is -2.23. The number of nitrogens with zero attached hydrogens (tertiary/aromatic N) is 1. The number of benzene rings is 1. The van der Waals surface area contributed by atoms with E-state index in [1.165, 1.54) is 30.6 Å². The third-order valence-electron chi connectivity index (χ3n) is 2.07. The van der Waals surface area contributed by atoms with Gasteiger partial charge in [0.05, 0.1) is 5.69 Å². The first kappa shape index (κ1) is 9.33. The summed E-state index contributed by atoms with van der Waals surface area (Å²) < 4.78 is 1.55. The summed E-state index contributed by atoms with van der Waals surface area (Å²) in [4.78, 5) is 10.9. The molecule has 2 N–H and O–H groups in total. The Kier molecular flexibility index (Phi) is 2.17. The highest BCUT2D eigenvalue weighted by Gasteiger charge is 2.05. The van der Waals surface area contributed by atoms with Crippen molar-refractivity contribution in [1.29, 1.82) is 0 Å². The van der Waals surface area contributed by atoms with Crippen LogP contribution in [0.2, 0.25) is 0 Å². The molecule has 0 aliphatic carbocycles. The number of hydrogen-bond acceptors (Lipinski definition) is 3. The van der Waals surface area contributed by atoms with Crippen LogP contribution in [-0.4, -0.2) is 14.8 Å². The molecule has 0 aliphatic rings. The number of pyridine rings is 1. The molecule has 0 saturated carbocycles. The summed E-state index contributed by atoms with van der Waals surface area (Å²) in [6.45, 7) is 0. The van der Waals surface area contributed by atoms with Gasteiger partial charge in [-0.15, -0.1) is 0 Å². The monoisotopic (exact) mass is 203 g/mol. The Morgan fingerprint density at radius 3 is 2.33 bits per heavy atom. The lowest BCUT2D eigenvalue weighted by Crippen LogP contribution is -2.01. The molecular weight excluding hydrogens is 194 g/mol. The summed E-state index contributed by atoms with van der Waals surface area (Å²) >= 11 is 0. The fourth-order valence-electron chi connectivity index (χ4n) is 1.30. The molecule has 0 atom stereocenters. The van der Waals surface area contributed by atoms with E-state index < -0.39 is 0 Å². The number of rotatable bonds is 1. The quantitative estimate of drug-likeness (QED) is 0.685. The molecule has 0 radical (unpaired) electrons. The lowest BCUT2D eigenvalue weighted by molar-refractivity contribution is 0.402. The molecule has 0 amide bonds. The number of hydrogen-bond donors (Lipinski definition) is 2. The van der Waals surface area contributed by atoms with Gasteiger partial charge in [-0.3, -0.25) is 4.79 Å². The smallest absolute Gasteiger partial charge is 0.182 e. The third-order valence-corrected chi connectivity index (χ3v) is 2.07. The van der Waals surface area contributed by atoms with Gasteiger partial charge < -0.3 is 14.8 Å². The summed E-state index contributed by atoms with van der Waals surface area (Å²) in [6, 6.07) is 7.40. The van der Waals surface area contributed by atoms with E-state index in [1.54, 1.807) is 16.7 Å². The van der Waals surface area contributed by atoms with E-state index in [-0.39, 0.29) is 16.9 Å². The average Bonchev–Trinajstić information content (AvgIpc) is 2.24. The summed E-state index contributed by atoms with van der Waals surface area (Å²) in [5, 5.41) is 18.9. The molecule has 1 aromatic heterocycles. The zero-order valence-electron chi connectivity index (χ0n) is 7.79. The van der Waals surface area contributed by atoms with Gasteiger partial charge in [0.2, 0.25) is 0 Å². The lowest BCUT2D eigenvalue weighted by atomic mass is 10.2. The molecule has 4 nitrogen and oxygen atoms in total. The van der Waals surface area contributed by atoms with Crippen LogP contribution in [0.3, 0.4) is 0 Å². The molecule has 4 heteroatoms. The molecule has 76 valence electrons. The van der Waals surface area contributed by atoms with Gasteiger partial charge in [-0.25, -0.2) is 0 Å². The van der Waals surface area contributed by atoms with E-state index in [1.807, 2.05) is 0 Å². The summed E-state index contributed by atoms with van der Waals surface area (Å²) in [5.41, 5.74) is 0.320. The normalized spacial score (nSPS) is 10.1. The van der Waals surface area contributed by atoms with E-state index in [0.717, 1.165) is 0 Å². The Bertz CT molecular complexity index is 525. The van der Waals surface area contributed by atoms with Crippen LogP contribution in [0, 0.1) is 0 Å². The molecule has 0 unspecified atom stereocenters. The number of phenols is 2. The van der Waals surface area contributed by atoms with Crippen LogP contribution in [0.5, 0.6) is 11.5 Å². The van der Waals surface area contributed by atoms with Crippen molar-refractivity contribution in [3.8, 4) is 17.2 Å². The Balaban J connectivity index is 2.59. The van der Waals surface area contributed by atoms with Gasteiger partial charge in [0.1, 0.15) is 0 Å². The van der Waals surface area contributed by atoms with Crippen molar-refractivity contribution in [2.45, 2.75) is 0 Å². The number of phenolic OH excluding ortho intramolecular Hbond substituents is 2. The first-order valence-electron chi connectivity index (χ1n) is 4.38. The number of aromatic hydroxyl groups is 2. The maximum Gasteiger partial charge on any atom is 0.182 e. The van der Waals surface area contributed by atoms with Crippen molar-refractivity contribution < 1.29 is 10.2 Å². The average molecular weight is 203 g/mol. The van der Waals surface area contributed by atoms with Gasteiger partial charge in [-0.2, -0.15) is 0 Å². The Morgan fingerprint density at radius 2 is 1.67 bits per heavy atom.